The molecule has 110 heavy (non-hydrogen) atoms. The maximum Gasteiger partial charge on any atom is 0.00401 e. The summed E-state index contributed by atoms with van der Waals surface area (Å²) in [5.41, 5.74) is 7.67. The second-order valence-corrected chi connectivity index (χ2v) is 36.9. The van der Waals surface area contributed by atoms with Crippen LogP contribution < -0.4 is 0 Å². The SMILES string of the molecule is CCCCCCCCC1CCC(c2ccc(S)cc2)CC1.CCCCCCCCC1CCC(c2ccc(S)cc2)CC1.CCCCCCCCC1CCC(c2ccc(S)cc2)CC1.CCCCCCCCC1CCC(c2ccc(S)cc2)CC1.CCCCCCCCC1CCC(c2ccc(S)cc2)CC1.F.F.F.F.F. The van der Waals surface area contributed by atoms with Crippen LogP contribution >= 0.6 is 63.1 Å². The summed E-state index contributed by atoms with van der Waals surface area (Å²) in [5, 5.41) is 0. The Bertz CT molecular complexity index is 2350. The van der Waals surface area contributed by atoms with Gasteiger partial charge < -0.3 is 0 Å². The van der Waals surface area contributed by atoms with Crippen molar-refractivity contribution >= 4 is 63.1 Å². The van der Waals surface area contributed by atoms with Crippen molar-refractivity contribution < 1.29 is 23.5 Å². The maximum atomic E-state index is 4.38. The van der Waals surface area contributed by atoms with E-state index in [2.05, 4.69) is 219 Å². The van der Waals surface area contributed by atoms with Crippen LogP contribution in [0.3, 0.4) is 0 Å². The number of benzene rings is 5. The Balaban J connectivity index is 0.000000680. The summed E-state index contributed by atoms with van der Waals surface area (Å²) in [4.78, 5) is 5.40. The highest BCUT2D eigenvalue weighted by atomic mass is 32.1. The van der Waals surface area contributed by atoms with E-state index in [0.717, 1.165) is 83.7 Å². The van der Waals surface area contributed by atoms with Gasteiger partial charge in [0.05, 0.1) is 0 Å². The van der Waals surface area contributed by atoms with Gasteiger partial charge in [-0.25, -0.2) is 0 Å². The Kier molecular flexibility index (Phi) is 64.8. The van der Waals surface area contributed by atoms with E-state index < -0.39 is 0 Å². The van der Waals surface area contributed by atoms with Gasteiger partial charge >= 0.3 is 0 Å². The Morgan fingerprint density at radius 2 is 0.291 bits per heavy atom. The van der Waals surface area contributed by atoms with Crippen molar-refractivity contribution in [3.05, 3.63) is 149 Å². The first-order chi connectivity index (χ1) is 51.5. The molecule has 0 saturated heterocycles. The lowest BCUT2D eigenvalue weighted by Gasteiger charge is -2.29. The molecule has 0 aromatic heterocycles. The highest BCUT2D eigenvalue weighted by Gasteiger charge is 2.27. The molecular formula is C100H165F5S5. The molecule has 630 valence electrons. The van der Waals surface area contributed by atoms with Crippen molar-refractivity contribution in [3.8, 4) is 0 Å². The number of halogens is 5. The van der Waals surface area contributed by atoms with Crippen LogP contribution in [-0.4, -0.2) is 0 Å². The molecule has 5 aromatic carbocycles. The van der Waals surface area contributed by atoms with Crippen LogP contribution in [0.2, 0.25) is 0 Å². The monoisotopic (exact) mass is 1620 g/mol. The number of rotatable bonds is 40. The molecule has 0 aliphatic heterocycles. The molecule has 0 N–H and O–H groups in total. The summed E-state index contributed by atoms with van der Waals surface area (Å²) >= 11 is 21.9. The van der Waals surface area contributed by atoms with Crippen molar-refractivity contribution in [3.63, 3.8) is 0 Å². The minimum atomic E-state index is 0. The van der Waals surface area contributed by atoms with Gasteiger partial charge in [0.1, 0.15) is 0 Å². The fourth-order valence-corrected chi connectivity index (χ4v) is 19.5. The zero-order chi connectivity index (χ0) is 74.6. The second-order valence-electron chi connectivity index (χ2n) is 34.3. The summed E-state index contributed by atoms with van der Waals surface area (Å²) < 4.78 is 0. The Labute approximate surface area is 702 Å². The van der Waals surface area contributed by atoms with Crippen LogP contribution in [0.25, 0.3) is 0 Å². The largest absolute Gasteiger partial charge is 0.269 e. The molecule has 0 atom stereocenters. The Hall–Kier alpha value is -2.50. The molecule has 0 amide bonds. The quantitative estimate of drug-likeness (QED) is 0.0144. The van der Waals surface area contributed by atoms with Gasteiger partial charge in [0.15, 0.2) is 0 Å². The normalized spacial score (nSPS) is 21.4. The Morgan fingerprint density at radius 3 is 0.418 bits per heavy atom. The average Bonchev–Trinajstić information content (AvgIpc) is 0.887. The van der Waals surface area contributed by atoms with Crippen LogP contribution in [0.5, 0.6) is 0 Å². The van der Waals surface area contributed by atoms with E-state index in [9.17, 15) is 0 Å². The van der Waals surface area contributed by atoms with Gasteiger partial charge in [-0.2, -0.15) is 0 Å². The summed E-state index contributed by atoms with van der Waals surface area (Å²) in [7, 11) is 0. The fraction of sp³-hybridized carbons (Fsp3) is 0.700. The maximum absolute atomic E-state index is 4.38. The second kappa shape index (κ2) is 67.5. The van der Waals surface area contributed by atoms with Gasteiger partial charge in [-0.15, -0.1) is 63.1 Å². The zero-order valence-corrected chi connectivity index (χ0v) is 75.0. The smallest absolute Gasteiger partial charge is 0.00401 e. The average molecular weight is 1620 g/mol. The van der Waals surface area contributed by atoms with Crippen molar-refractivity contribution in [2.24, 2.45) is 29.6 Å². The molecule has 0 spiro atoms. The minimum Gasteiger partial charge on any atom is -0.269 e. The molecule has 5 saturated carbocycles. The highest BCUT2D eigenvalue weighted by molar-refractivity contribution is 7.81. The standard InChI is InChI=1S/5C20H32S.5FH/c5*1-2-3-4-5-6-7-8-17-9-11-18(12-10-17)19-13-15-20(21)16-14-19;;;;;/h5*13-18,21H,2-12H2,1H3;5*1H. The van der Waals surface area contributed by atoms with Crippen LogP contribution in [-0.2, 0) is 0 Å². The van der Waals surface area contributed by atoms with Crippen LogP contribution in [0.15, 0.2) is 146 Å². The summed E-state index contributed by atoms with van der Waals surface area (Å²) in [5.74, 6) is 9.08. The molecule has 10 heteroatoms. The van der Waals surface area contributed by atoms with E-state index in [1.807, 2.05) is 0 Å². The molecular weight excluding hydrogens is 1460 g/mol. The van der Waals surface area contributed by atoms with Crippen molar-refractivity contribution in [2.45, 2.75) is 442 Å². The van der Waals surface area contributed by atoms with E-state index in [0.29, 0.717) is 0 Å². The van der Waals surface area contributed by atoms with Crippen LogP contribution in [0, 0.1) is 29.6 Å². The van der Waals surface area contributed by atoms with Gasteiger partial charge in [0, 0.05) is 24.5 Å². The number of unbranched alkanes of at least 4 members (excludes halogenated alkanes) is 25. The number of thiol groups is 5. The lowest BCUT2D eigenvalue weighted by atomic mass is 9.77. The third-order valence-electron chi connectivity index (χ3n) is 25.9. The summed E-state index contributed by atoms with van der Waals surface area (Å²) in [6.07, 6.45) is 78.9. The highest BCUT2D eigenvalue weighted by Crippen LogP contribution is 2.43. The summed E-state index contributed by atoms with van der Waals surface area (Å²) in [6.45, 7) is 11.5. The van der Waals surface area contributed by atoms with Gasteiger partial charge in [0.25, 0.3) is 0 Å². The van der Waals surface area contributed by atoms with Crippen molar-refractivity contribution in [2.75, 3.05) is 0 Å². The molecule has 5 aliphatic carbocycles. The number of hydrogen-bond donors (Lipinski definition) is 5. The van der Waals surface area contributed by atoms with E-state index in [-0.39, 0.29) is 23.5 Å². The van der Waals surface area contributed by atoms with Gasteiger partial charge in [-0.3, -0.25) is 23.5 Å². The fourth-order valence-electron chi connectivity index (χ4n) is 18.7. The molecule has 0 radical (unpaired) electrons. The van der Waals surface area contributed by atoms with E-state index in [4.69, 9.17) is 0 Å². The molecule has 10 rings (SSSR count). The van der Waals surface area contributed by atoms with E-state index in [1.165, 1.54) is 381 Å². The predicted octanol–water partition coefficient (Wildman–Crippen LogP) is 35.8. The zero-order valence-electron chi connectivity index (χ0n) is 70.5. The molecule has 0 nitrogen and oxygen atoms in total. The molecule has 5 aliphatic rings. The first-order valence-corrected chi connectivity index (χ1v) is 47.6. The first kappa shape index (κ1) is 106. The molecule has 5 aromatic rings. The molecule has 0 heterocycles. The minimum absolute atomic E-state index is 0. The van der Waals surface area contributed by atoms with Crippen LogP contribution in [0.4, 0.5) is 23.5 Å². The van der Waals surface area contributed by atoms with Gasteiger partial charge in [-0.05, 0) is 276 Å². The molecule has 0 bridgehead atoms. The Morgan fingerprint density at radius 1 is 0.173 bits per heavy atom. The third kappa shape index (κ3) is 46.4. The molecule has 0 unspecified atom stereocenters. The predicted molar refractivity (Wildman–Crippen MR) is 494 cm³/mol. The third-order valence-corrected chi connectivity index (χ3v) is 27.4. The van der Waals surface area contributed by atoms with Gasteiger partial charge in [-0.1, -0.05) is 320 Å². The summed E-state index contributed by atoms with van der Waals surface area (Å²) in [6, 6.07) is 44.2. The van der Waals surface area contributed by atoms with Crippen LogP contribution in [0.1, 0.15) is 445 Å². The topological polar surface area (TPSA) is 0 Å². The lowest BCUT2D eigenvalue weighted by Crippen LogP contribution is -2.13. The van der Waals surface area contributed by atoms with Crippen molar-refractivity contribution in [1.82, 2.24) is 0 Å². The van der Waals surface area contributed by atoms with Gasteiger partial charge in [0.2, 0.25) is 0 Å². The first-order valence-electron chi connectivity index (χ1n) is 45.4. The number of hydrogen-bond acceptors (Lipinski definition) is 5. The van der Waals surface area contributed by atoms with E-state index >= 15 is 0 Å². The van der Waals surface area contributed by atoms with Crippen molar-refractivity contribution in [1.29, 1.82) is 0 Å². The molecule has 5 fully saturated rings. The van der Waals surface area contributed by atoms with E-state index in [1.54, 1.807) is 0 Å². The lowest BCUT2D eigenvalue weighted by molar-refractivity contribution is 0.302.